The lowest BCUT2D eigenvalue weighted by molar-refractivity contribution is -0.116. The van der Waals surface area contributed by atoms with Gasteiger partial charge in [0.1, 0.15) is 0 Å². The largest absolute Gasteiger partial charge is 0.326 e. The maximum atomic E-state index is 12.6. The van der Waals surface area contributed by atoms with Gasteiger partial charge in [-0.05, 0) is 73.5 Å². The van der Waals surface area contributed by atoms with Crippen molar-refractivity contribution >= 4 is 54.6 Å². The Hall–Kier alpha value is -3.08. The number of rotatable bonds is 10. The Morgan fingerprint density at radius 1 is 0.914 bits per heavy atom. The molecule has 0 saturated heterocycles. The second kappa shape index (κ2) is 11.1. The molecule has 0 spiro atoms. The minimum Gasteiger partial charge on any atom is -0.326 e. The van der Waals surface area contributed by atoms with Crippen molar-refractivity contribution in [1.82, 2.24) is 0 Å². The first-order valence-corrected chi connectivity index (χ1v) is 14.4. The van der Waals surface area contributed by atoms with E-state index in [2.05, 4.69) is 10.0 Å². The van der Waals surface area contributed by atoms with Crippen LogP contribution in [0, 0.1) is 6.92 Å². The zero-order valence-corrected chi connectivity index (χ0v) is 21.6. The lowest BCUT2D eigenvalue weighted by Gasteiger charge is -2.22. The number of anilines is 3. The van der Waals surface area contributed by atoms with Crippen LogP contribution in [0.1, 0.15) is 18.4 Å². The minimum absolute atomic E-state index is 0.0607. The van der Waals surface area contributed by atoms with Crippen LogP contribution in [0.25, 0.3) is 0 Å². The average Bonchev–Trinajstić information content (AvgIpc) is 2.78. The van der Waals surface area contributed by atoms with Crippen LogP contribution in [0.4, 0.5) is 17.1 Å². The Labute approximate surface area is 211 Å². The van der Waals surface area contributed by atoms with Crippen molar-refractivity contribution in [2.24, 2.45) is 0 Å². The lowest BCUT2D eigenvalue weighted by Crippen LogP contribution is -2.31. The van der Waals surface area contributed by atoms with Crippen LogP contribution >= 0.6 is 11.6 Å². The molecule has 0 radical (unpaired) electrons. The van der Waals surface area contributed by atoms with E-state index in [1.165, 1.54) is 28.6 Å². The number of amides is 1. The highest BCUT2D eigenvalue weighted by molar-refractivity contribution is 7.92. The maximum absolute atomic E-state index is 12.6. The van der Waals surface area contributed by atoms with Crippen molar-refractivity contribution in [2.45, 2.75) is 24.7 Å². The first-order chi connectivity index (χ1) is 16.5. The summed E-state index contributed by atoms with van der Waals surface area (Å²) in [6.07, 6.45) is 1.47. The number of carbonyl (C=O) groups is 1. The van der Waals surface area contributed by atoms with Gasteiger partial charge in [0.2, 0.25) is 15.9 Å². The van der Waals surface area contributed by atoms with Crippen molar-refractivity contribution in [3.63, 3.8) is 0 Å². The third kappa shape index (κ3) is 7.45. The van der Waals surface area contributed by atoms with Gasteiger partial charge in [-0.25, -0.2) is 16.8 Å². The maximum Gasteiger partial charge on any atom is 0.261 e. The molecule has 186 valence electrons. The first kappa shape index (κ1) is 26.5. The lowest BCUT2D eigenvalue weighted by atomic mass is 10.2. The standard InChI is InChI=1S/C24H26ClN3O5S2/c1-18-6-3-4-7-23(18)27-35(32,33)22-15-11-20(12-16-22)26-24(29)8-5-17-28(34(2,30)31)21-13-9-19(25)10-14-21/h3-4,6-7,9-16,27H,5,8,17H2,1-2H3,(H,26,29). The molecule has 0 bridgehead atoms. The fraction of sp³-hybridized carbons (Fsp3) is 0.208. The summed E-state index contributed by atoms with van der Waals surface area (Å²) >= 11 is 5.87. The molecule has 35 heavy (non-hydrogen) atoms. The molecule has 11 heteroatoms. The predicted molar refractivity (Wildman–Crippen MR) is 140 cm³/mol. The highest BCUT2D eigenvalue weighted by atomic mass is 35.5. The molecule has 0 fully saturated rings. The quantitative estimate of drug-likeness (QED) is 0.393. The highest BCUT2D eigenvalue weighted by Crippen LogP contribution is 2.22. The van der Waals surface area contributed by atoms with Crippen LogP contribution in [0.15, 0.2) is 77.7 Å². The van der Waals surface area contributed by atoms with Gasteiger partial charge in [0, 0.05) is 23.7 Å². The van der Waals surface area contributed by atoms with E-state index in [1.54, 1.807) is 49.4 Å². The average molecular weight is 536 g/mol. The molecule has 0 unspecified atom stereocenters. The number of aryl methyl sites for hydroxylation is 1. The molecule has 8 nitrogen and oxygen atoms in total. The molecule has 3 aromatic rings. The zero-order chi connectivity index (χ0) is 25.6. The molecule has 2 N–H and O–H groups in total. The molecule has 0 heterocycles. The monoisotopic (exact) mass is 535 g/mol. The zero-order valence-electron chi connectivity index (χ0n) is 19.2. The molecule has 0 aliphatic rings. The van der Waals surface area contributed by atoms with E-state index in [9.17, 15) is 21.6 Å². The normalized spacial score (nSPS) is 11.6. The highest BCUT2D eigenvalue weighted by Gasteiger charge is 2.18. The minimum atomic E-state index is -3.78. The number of hydrogen-bond acceptors (Lipinski definition) is 5. The van der Waals surface area contributed by atoms with Gasteiger partial charge in [0.05, 0.1) is 22.5 Å². The number of nitrogens with zero attached hydrogens (tertiary/aromatic N) is 1. The van der Waals surface area contributed by atoms with Crippen molar-refractivity contribution in [2.75, 3.05) is 27.1 Å². The Morgan fingerprint density at radius 3 is 2.14 bits per heavy atom. The molecule has 0 aromatic heterocycles. The van der Waals surface area contributed by atoms with E-state index < -0.39 is 20.0 Å². The molecule has 3 aromatic carbocycles. The van der Waals surface area contributed by atoms with Gasteiger partial charge in [-0.2, -0.15) is 0 Å². The van der Waals surface area contributed by atoms with Crippen molar-refractivity contribution in [3.8, 4) is 0 Å². The fourth-order valence-electron chi connectivity index (χ4n) is 3.31. The van der Waals surface area contributed by atoms with E-state index in [0.29, 0.717) is 22.1 Å². The Bertz CT molecular complexity index is 1390. The van der Waals surface area contributed by atoms with Crippen molar-refractivity contribution in [3.05, 3.63) is 83.4 Å². The number of halogens is 1. The number of nitrogens with one attached hydrogen (secondary N) is 2. The summed E-state index contributed by atoms with van der Waals surface area (Å²) in [6, 6.07) is 19.3. The third-order valence-corrected chi connectivity index (χ3v) is 7.95. The second-order valence-corrected chi connectivity index (χ2v) is 11.9. The van der Waals surface area contributed by atoms with Crippen LogP contribution < -0.4 is 14.3 Å². The predicted octanol–water partition coefficient (Wildman–Crippen LogP) is 4.63. The van der Waals surface area contributed by atoms with E-state index >= 15 is 0 Å². The van der Waals surface area contributed by atoms with Crippen LogP contribution in [-0.4, -0.2) is 35.5 Å². The number of para-hydroxylation sites is 1. The van der Waals surface area contributed by atoms with Gasteiger partial charge in [-0.1, -0.05) is 29.8 Å². The van der Waals surface area contributed by atoms with Crippen molar-refractivity contribution in [1.29, 1.82) is 0 Å². The molecule has 1 amide bonds. The van der Waals surface area contributed by atoms with Gasteiger partial charge in [0.15, 0.2) is 0 Å². The van der Waals surface area contributed by atoms with Crippen LogP contribution in [0.3, 0.4) is 0 Å². The summed E-state index contributed by atoms with van der Waals surface area (Å²) in [5, 5.41) is 3.19. The molecular formula is C24H26ClN3O5S2. The Morgan fingerprint density at radius 2 is 1.54 bits per heavy atom. The molecule has 3 rings (SSSR count). The fourth-order valence-corrected chi connectivity index (χ4v) is 5.53. The molecule has 0 atom stereocenters. The van der Waals surface area contributed by atoms with Gasteiger partial charge >= 0.3 is 0 Å². The summed E-state index contributed by atoms with van der Waals surface area (Å²) < 4.78 is 53.4. The van der Waals surface area contributed by atoms with E-state index in [0.717, 1.165) is 11.8 Å². The van der Waals surface area contributed by atoms with Gasteiger partial charge < -0.3 is 5.32 Å². The van der Waals surface area contributed by atoms with E-state index in [4.69, 9.17) is 11.6 Å². The number of hydrogen-bond donors (Lipinski definition) is 2. The second-order valence-electron chi connectivity index (χ2n) is 7.91. The van der Waals surface area contributed by atoms with Crippen LogP contribution in [0.5, 0.6) is 0 Å². The summed E-state index contributed by atoms with van der Waals surface area (Å²) in [5.74, 6) is -0.316. The van der Waals surface area contributed by atoms with Gasteiger partial charge in [-0.15, -0.1) is 0 Å². The SMILES string of the molecule is Cc1ccccc1NS(=O)(=O)c1ccc(NC(=O)CCCN(c2ccc(Cl)cc2)S(C)(=O)=O)cc1. The summed E-state index contributed by atoms with van der Waals surface area (Å²) in [5.41, 5.74) is 2.19. The molecule has 0 aliphatic heterocycles. The molecule has 0 aliphatic carbocycles. The van der Waals surface area contributed by atoms with E-state index in [-0.39, 0.29) is 30.2 Å². The number of benzene rings is 3. The van der Waals surface area contributed by atoms with Crippen LogP contribution in [0.2, 0.25) is 5.02 Å². The van der Waals surface area contributed by atoms with E-state index in [1.807, 2.05) is 6.07 Å². The number of sulfonamides is 2. The summed E-state index contributed by atoms with van der Waals surface area (Å²) in [7, 11) is -7.32. The Kier molecular flexibility index (Phi) is 8.42. The first-order valence-electron chi connectivity index (χ1n) is 10.7. The third-order valence-electron chi connectivity index (χ3n) is 5.12. The molecular weight excluding hydrogens is 510 g/mol. The van der Waals surface area contributed by atoms with Gasteiger partial charge in [0.25, 0.3) is 10.0 Å². The summed E-state index contributed by atoms with van der Waals surface area (Å²) in [4.78, 5) is 12.4. The van der Waals surface area contributed by atoms with Crippen molar-refractivity contribution < 1.29 is 21.6 Å². The van der Waals surface area contributed by atoms with Crippen LogP contribution in [-0.2, 0) is 24.8 Å². The summed E-state index contributed by atoms with van der Waals surface area (Å²) in [6.45, 7) is 1.93. The smallest absolute Gasteiger partial charge is 0.261 e. The topological polar surface area (TPSA) is 113 Å². The molecule has 0 saturated carbocycles. The number of carbonyl (C=O) groups excluding carboxylic acids is 1. The van der Waals surface area contributed by atoms with Gasteiger partial charge in [-0.3, -0.25) is 13.8 Å². The Balaban J connectivity index is 1.57.